The van der Waals surface area contributed by atoms with Crippen LogP contribution in [-0.2, 0) is 4.79 Å². The van der Waals surface area contributed by atoms with E-state index in [9.17, 15) is 9.59 Å². The number of carbonyl (C=O) groups is 2. The lowest BCUT2D eigenvalue weighted by molar-refractivity contribution is -0.143. The number of carbonyl (C=O) groups excluding carboxylic acids is 1. The number of carboxylic acids is 1. The number of rotatable bonds is 7. The molecule has 1 unspecified atom stereocenters. The standard InChI is InChI=1S/C14H24N2O3/c1-3-14(2,12(17)18)16-13(19)15-8-11(9-4-5-9)10-6-7-10/h9-11H,3-8H2,1-2H3,(H,17,18)(H2,15,16,19). The van der Waals surface area contributed by atoms with E-state index in [1.165, 1.54) is 32.6 Å². The quantitative estimate of drug-likeness (QED) is 0.660. The molecule has 0 radical (unpaired) electrons. The molecule has 0 saturated heterocycles. The van der Waals surface area contributed by atoms with Crippen molar-refractivity contribution in [3.05, 3.63) is 0 Å². The smallest absolute Gasteiger partial charge is 0.329 e. The Hall–Kier alpha value is -1.26. The van der Waals surface area contributed by atoms with Gasteiger partial charge in [0.05, 0.1) is 0 Å². The molecule has 3 N–H and O–H groups in total. The van der Waals surface area contributed by atoms with Crippen LogP contribution >= 0.6 is 0 Å². The summed E-state index contributed by atoms with van der Waals surface area (Å²) < 4.78 is 0. The highest BCUT2D eigenvalue weighted by atomic mass is 16.4. The zero-order chi connectivity index (χ0) is 14.0. The molecule has 0 heterocycles. The van der Waals surface area contributed by atoms with E-state index in [-0.39, 0.29) is 6.03 Å². The number of amides is 2. The van der Waals surface area contributed by atoms with Gasteiger partial charge < -0.3 is 15.7 Å². The first-order valence-corrected chi connectivity index (χ1v) is 7.25. The summed E-state index contributed by atoms with van der Waals surface area (Å²) in [6.45, 7) is 3.97. The van der Waals surface area contributed by atoms with Gasteiger partial charge in [-0.3, -0.25) is 0 Å². The highest BCUT2D eigenvalue weighted by Gasteiger charge is 2.41. The summed E-state index contributed by atoms with van der Waals surface area (Å²) in [6.07, 6.45) is 5.50. The Morgan fingerprint density at radius 2 is 1.79 bits per heavy atom. The van der Waals surface area contributed by atoms with Crippen LogP contribution in [0, 0.1) is 17.8 Å². The molecule has 0 spiro atoms. The van der Waals surface area contributed by atoms with Crippen LogP contribution in [0.1, 0.15) is 46.0 Å². The lowest BCUT2D eigenvalue weighted by Gasteiger charge is -2.25. The van der Waals surface area contributed by atoms with Crippen molar-refractivity contribution < 1.29 is 14.7 Å². The molecule has 0 aliphatic heterocycles. The second-order valence-corrected chi connectivity index (χ2v) is 6.16. The highest BCUT2D eigenvalue weighted by molar-refractivity contribution is 5.85. The Morgan fingerprint density at radius 1 is 1.26 bits per heavy atom. The first-order valence-electron chi connectivity index (χ1n) is 7.25. The van der Waals surface area contributed by atoms with Crippen molar-refractivity contribution in [2.24, 2.45) is 17.8 Å². The van der Waals surface area contributed by atoms with Gasteiger partial charge in [-0.05, 0) is 56.8 Å². The number of hydrogen-bond donors (Lipinski definition) is 3. The van der Waals surface area contributed by atoms with E-state index in [4.69, 9.17) is 5.11 Å². The molecule has 2 fully saturated rings. The first kappa shape index (κ1) is 14.2. The Labute approximate surface area is 114 Å². The van der Waals surface area contributed by atoms with Crippen LogP contribution in [0.4, 0.5) is 4.79 Å². The third kappa shape index (κ3) is 3.61. The van der Waals surface area contributed by atoms with Gasteiger partial charge in [0.15, 0.2) is 0 Å². The van der Waals surface area contributed by atoms with Gasteiger partial charge in [0.2, 0.25) is 0 Å². The molecule has 108 valence electrons. The Bertz CT molecular complexity index is 352. The fourth-order valence-electron chi connectivity index (χ4n) is 2.57. The van der Waals surface area contributed by atoms with Crippen LogP contribution in [-0.4, -0.2) is 29.2 Å². The van der Waals surface area contributed by atoms with Gasteiger partial charge in [-0.15, -0.1) is 0 Å². The van der Waals surface area contributed by atoms with Crippen LogP contribution < -0.4 is 10.6 Å². The Kier molecular flexibility index (Phi) is 4.02. The van der Waals surface area contributed by atoms with Crippen LogP contribution in [0.5, 0.6) is 0 Å². The first-order chi connectivity index (χ1) is 8.96. The molecule has 0 aromatic heterocycles. The predicted molar refractivity (Wildman–Crippen MR) is 71.8 cm³/mol. The van der Waals surface area contributed by atoms with E-state index in [0.717, 1.165) is 11.8 Å². The maximum atomic E-state index is 11.8. The van der Waals surface area contributed by atoms with Gasteiger partial charge in [0, 0.05) is 6.54 Å². The number of hydrogen-bond acceptors (Lipinski definition) is 2. The number of nitrogens with one attached hydrogen (secondary N) is 2. The largest absolute Gasteiger partial charge is 0.480 e. The van der Waals surface area contributed by atoms with E-state index in [1.54, 1.807) is 6.92 Å². The summed E-state index contributed by atoms with van der Waals surface area (Å²) in [4.78, 5) is 22.9. The molecule has 19 heavy (non-hydrogen) atoms. The summed E-state index contributed by atoms with van der Waals surface area (Å²) in [5, 5.41) is 14.5. The van der Waals surface area contributed by atoms with Crippen molar-refractivity contribution in [1.29, 1.82) is 0 Å². The third-order valence-corrected chi connectivity index (χ3v) is 4.52. The lowest BCUT2D eigenvalue weighted by Crippen LogP contribution is -2.55. The third-order valence-electron chi connectivity index (χ3n) is 4.52. The lowest BCUT2D eigenvalue weighted by atomic mass is 9.98. The van der Waals surface area contributed by atoms with E-state index in [2.05, 4.69) is 10.6 Å². The molecule has 2 amide bonds. The number of carboxylic acid groups (broad SMARTS) is 1. The van der Waals surface area contributed by atoms with Gasteiger partial charge in [-0.1, -0.05) is 6.92 Å². The fourth-order valence-corrected chi connectivity index (χ4v) is 2.57. The Morgan fingerprint density at radius 3 is 2.16 bits per heavy atom. The second-order valence-electron chi connectivity index (χ2n) is 6.16. The maximum Gasteiger partial charge on any atom is 0.329 e. The topological polar surface area (TPSA) is 78.4 Å². The molecular formula is C14H24N2O3. The van der Waals surface area contributed by atoms with Crippen LogP contribution in [0.25, 0.3) is 0 Å². The van der Waals surface area contributed by atoms with Crippen molar-refractivity contribution in [3.8, 4) is 0 Å². The molecule has 0 aromatic rings. The molecular weight excluding hydrogens is 244 g/mol. The van der Waals surface area contributed by atoms with Crippen LogP contribution in [0.15, 0.2) is 0 Å². The van der Waals surface area contributed by atoms with Gasteiger partial charge in [-0.25, -0.2) is 9.59 Å². The van der Waals surface area contributed by atoms with Gasteiger partial charge in [0.1, 0.15) is 5.54 Å². The summed E-state index contributed by atoms with van der Waals surface area (Å²) in [5.41, 5.74) is -1.18. The van der Waals surface area contributed by atoms with Crippen LogP contribution in [0.3, 0.4) is 0 Å². The molecule has 2 saturated carbocycles. The summed E-state index contributed by atoms with van der Waals surface area (Å²) in [6, 6.07) is -0.363. The minimum atomic E-state index is -1.18. The van der Waals surface area contributed by atoms with E-state index < -0.39 is 11.5 Å². The van der Waals surface area contributed by atoms with Crippen molar-refractivity contribution >= 4 is 12.0 Å². The van der Waals surface area contributed by atoms with E-state index in [0.29, 0.717) is 18.9 Å². The van der Waals surface area contributed by atoms with Gasteiger partial charge >= 0.3 is 12.0 Å². The molecule has 5 heteroatoms. The normalized spacial score (nSPS) is 21.8. The van der Waals surface area contributed by atoms with Crippen molar-refractivity contribution in [2.75, 3.05) is 6.54 Å². The minimum absolute atomic E-state index is 0.363. The van der Waals surface area contributed by atoms with Crippen molar-refractivity contribution in [2.45, 2.75) is 51.5 Å². The van der Waals surface area contributed by atoms with Crippen molar-refractivity contribution in [1.82, 2.24) is 10.6 Å². The zero-order valence-corrected chi connectivity index (χ0v) is 11.7. The van der Waals surface area contributed by atoms with E-state index in [1.807, 2.05) is 0 Å². The van der Waals surface area contributed by atoms with Gasteiger partial charge in [0.25, 0.3) is 0 Å². The summed E-state index contributed by atoms with van der Waals surface area (Å²) in [7, 11) is 0. The molecule has 2 aliphatic carbocycles. The van der Waals surface area contributed by atoms with E-state index >= 15 is 0 Å². The molecule has 2 rings (SSSR count). The molecule has 0 bridgehead atoms. The highest BCUT2D eigenvalue weighted by Crippen LogP contribution is 2.48. The van der Waals surface area contributed by atoms with Gasteiger partial charge in [-0.2, -0.15) is 0 Å². The molecule has 5 nitrogen and oxygen atoms in total. The second kappa shape index (κ2) is 5.39. The average Bonchev–Trinajstić information content (AvgIpc) is 3.22. The fraction of sp³-hybridized carbons (Fsp3) is 0.857. The molecule has 1 atom stereocenters. The monoisotopic (exact) mass is 268 g/mol. The molecule has 0 aromatic carbocycles. The zero-order valence-electron chi connectivity index (χ0n) is 11.7. The average molecular weight is 268 g/mol. The van der Waals surface area contributed by atoms with Crippen molar-refractivity contribution in [3.63, 3.8) is 0 Å². The maximum absolute atomic E-state index is 11.8. The summed E-state index contributed by atoms with van der Waals surface area (Å²) >= 11 is 0. The summed E-state index contributed by atoms with van der Waals surface area (Å²) in [5.74, 6) is 1.17. The predicted octanol–water partition coefficient (Wildman–Crippen LogP) is 1.98. The SMILES string of the molecule is CCC(C)(NC(=O)NCC(C1CC1)C1CC1)C(=O)O. The Balaban J connectivity index is 1.78. The number of urea groups is 1. The minimum Gasteiger partial charge on any atom is -0.480 e. The number of aliphatic carboxylic acids is 1. The molecule has 2 aliphatic rings. The van der Waals surface area contributed by atoms with Crippen LogP contribution in [0.2, 0.25) is 0 Å².